The van der Waals surface area contributed by atoms with Gasteiger partial charge in [-0.1, -0.05) is 48.5 Å². The van der Waals surface area contributed by atoms with E-state index in [2.05, 4.69) is 16.7 Å². The smallest absolute Gasteiger partial charge is 0.244 e. The normalized spacial score (nSPS) is 22.6. The summed E-state index contributed by atoms with van der Waals surface area (Å²) in [5, 5.41) is 8.63. The van der Waals surface area contributed by atoms with Crippen molar-refractivity contribution in [3.05, 3.63) is 83.1 Å². The molecule has 28 heavy (non-hydrogen) atoms. The van der Waals surface area contributed by atoms with Gasteiger partial charge in [0.05, 0.1) is 0 Å². The Balaban J connectivity index is 1.82. The molecule has 2 N–H and O–H groups in total. The van der Waals surface area contributed by atoms with Gasteiger partial charge in [0.25, 0.3) is 0 Å². The Hall–Kier alpha value is -3.40. The molecule has 0 aromatic heterocycles. The molecule has 4 nitrogen and oxygen atoms in total. The van der Waals surface area contributed by atoms with Gasteiger partial charge in [0.15, 0.2) is 5.78 Å². The molecule has 0 fully saturated rings. The van der Waals surface area contributed by atoms with Crippen LogP contribution in [0.2, 0.25) is 0 Å². The maximum absolute atomic E-state index is 13.7. The number of benzene rings is 3. The van der Waals surface area contributed by atoms with Crippen LogP contribution in [0.4, 0.5) is 11.4 Å². The highest BCUT2D eigenvalue weighted by Gasteiger charge is 2.57. The van der Waals surface area contributed by atoms with Gasteiger partial charge in [-0.2, -0.15) is 0 Å². The molecule has 0 bridgehead atoms. The third kappa shape index (κ3) is 1.75. The average Bonchev–Trinajstić information content (AvgIpc) is 3.01. The monoisotopic (exact) mass is 366 g/mol. The van der Waals surface area contributed by atoms with Crippen LogP contribution >= 0.6 is 0 Å². The van der Waals surface area contributed by atoms with E-state index < -0.39 is 5.41 Å². The van der Waals surface area contributed by atoms with E-state index in [1.54, 1.807) is 0 Å². The molecule has 4 heteroatoms. The molecule has 6 rings (SSSR count). The molecule has 0 radical (unpaired) electrons. The Morgan fingerprint density at radius 1 is 0.786 bits per heavy atom. The third-order valence-corrected chi connectivity index (χ3v) is 6.30. The van der Waals surface area contributed by atoms with Crippen molar-refractivity contribution in [1.29, 1.82) is 0 Å². The fourth-order valence-electron chi connectivity index (χ4n) is 5.23. The number of nitrogens with one attached hydrogen (secondary N) is 2. The van der Waals surface area contributed by atoms with Crippen LogP contribution in [0.3, 0.4) is 0 Å². The lowest BCUT2D eigenvalue weighted by atomic mass is 9.63. The minimum absolute atomic E-state index is 0.0687. The first-order chi connectivity index (χ1) is 13.7. The quantitative estimate of drug-likeness (QED) is 0.615. The SMILES string of the molecule is O=C1CCCC2=C1C1(C(=O)Nc3ccc4ccccc4c31)c1ccccc1N2. The standard InChI is InChI=1S/C24H18N2O2/c27-20-11-5-10-18-22(20)24(16-8-3-4-9-17(16)25-18)21-15-7-2-1-6-14(15)12-13-19(21)26-23(24)28/h1-4,6-9,12-13,25H,5,10-11H2,(H,26,28). The third-order valence-electron chi connectivity index (χ3n) is 6.30. The minimum Gasteiger partial charge on any atom is -0.358 e. The summed E-state index contributed by atoms with van der Waals surface area (Å²) in [6.45, 7) is 0. The molecule has 3 aliphatic rings. The van der Waals surface area contributed by atoms with Gasteiger partial charge in [0.2, 0.25) is 5.91 Å². The van der Waals surface area contributed by atoms with Gasteiger partial charge in [0.1, 0.15) is 5.41 Å². The van der Waals surface area contributed by atoms with E-state index in [-0.39, 0.29) is 11.7 Å². The fourth-order valence-corrected chi connectivity index (χ4v) is 5.23. The number of carbonyl (C=O) groups is 2. The Morgan fingerprint density at radius 3 is 2.54 bits per heavy atom. The second-order valence-corrected chi connectivity index (χ2v) is 7.71. The molecular weight excluding hydrogens is 348 g/mol. The molecule has 2 aliphatic heterocycles. The van der Waals surface area contributed by atoms with E-state index in [1.807, 2.05) is 54.6 Å². The van der Waals surface area contributed by atoms with Crippen molar-refractivity contribution in [2.45, 2.75) is 24.7 Å². The van der Waals surface area contributed by atoms with E-state index in [0.29, 0.717) is 12.0 Å². The number of rotatable bonds is 0. The van der Waals surface area contributed by atoms with Crippen LogP contribution in [0.15, 0.2) is 71.9 Å². The summed E-state index contributed by atoms with van der Waals surface area (Å²) in [6, 6.07) is 20.0. The lowest BCUT2D eigenvalue weighted by Crippen LogP contribution is -2.45. The summed E-state index contributed by atoms with van der Waals surface area (Å²) in [6.07, 6.45) is 2.08. The Kier molecular flexibility index (Phi) is 2.97. The summed E-state index contributed by atoms with van der Waals surface area (Å²) in [7, 11) is 0. The number of fused-ring (bicyclic) bond motifs is 7. The highest BCUT2D eigenvalue weighted by atomic mass is 16.2. The van der Waals surface area contributed by atoms with Crippen LogP contribution < -0.4 is 10.6 Å². The van der Waals surface area contributed by atoms with Gasteiger partial charge in [-0.3, -0.25) is 9.59 Å². The number of carbonyl (C=O) groups excluding carboxylic acids is 2. The molecule has 3 aromatic rings. The van der Waals surface area contributed by atoms with Gasteiger partial charge in [-0.05, 0) is 35.7 Å². The molecule has 1 aliphatic carbocycles. The summed E-state index contributed by atoms with van der Waals surface area (Å²) in [5.41, 5.74) is 3.91. The molecular formula is C24H18N2O2. The van der Waals surface area contributed by atoms with Gasteiger partial charge < -0.3 is 10.6 Å². The van der Waals surface area contributed by atoms with Crippen molar-refractivity contribution in [3.63, 3.8) is 0 Å². The van der Waals surface area contributed by atoms with Gasteiger partial charge in [-0.15, -0.1) is 0 Å². The predicted molar refractivity (Wildman–Crippen MR) is 109 cm³/mol. The summed E-state index contributed by atoms with van der Waals surface area (Å²) in [5.74, 6) is -0.0604. The number of anilines is 2. The first-order valence-electron chi connectivity index (χ1n) is 9.68. The number of allylic oxidation sites excluding steroid dienone is 1. The van der Waals surface area contributed by atoms with Crippen LogP contribution in [-0.2, 0) is 15.0 Å². The number of Topliss-reactive ketones (excluding diaryl/α,β-unsaturated/α-hetero) is 1. The highest BCUT2D eigenvalue weighted by Crippen LogP contribution is 2.56. The van der Waals surface area contributed by atoms with Crippen LogP contribution in [0.25, 0.3) is 10.8 Å². The van der Waals surface area contributed by atoms with Crippen LogP contribution in [-0.4, -0.2) is 11.7 Å². The molecule has 136 valence electrons. The second-order valence-electron chi connectivity index (χ2n) is 7.71. The van der Waals surface area contributed by atoms with Crippen molar-refractivity contribution in [1.82, 2.24) is 0 Å². The molecule has 1 spiro atoms. The number of hydrogen-bond acceptors (Lipinski definition) is 3. The summed E-state index contributed by atoms with van der Waals surface area (Å²) >= 11 is 0. The number of amides is 1. The van der Waals surface area contributed by atoms with Crippen molar-refractivity contribution in [3.8, 4) is 0 Å². The van der Waals surface area contributed by atoms with Crippen molar-refractivity contribution >= 4 is 33.8 Å². The predicted octanol–water partition coefficient (Wildman–Crippen LogP) is 4.51. The zero-order chi connectivity index (χ0) is 18.9. The van der Waals surface area contributed by atoms with Crippen molar-refractivity contribution in [2.75, 3.05) is 10.6 Å². The average molecular weight is 366 g/mol. The number of ketones is 1. The molecule has 1 unspecified atom stereocenters. The fraction of sp³-hybridized carbons (Fsp3) is 0.167. The molecule has 2 heterocycles. The molecule has 0 saturated carbocycles. The largest absolute Gasteiger partial charge is 0.358 e. The first kappa shape index (κ1) is 15.6. The topological polar surface area (TPSA) is 58.2 Å². The van der Waals surface area contributed by atoms with E-state index in [4.69, 9.17) is 0 Å². The van der Waals surface area contributed by atoms with E-state index >= 15 is 0 Å². The molecule has 1 amide bonds. The van der Waals surface area contributed by atoms with Crippen LogP contribution in [0.1, 0.15) is 30.4 Å². The minimum atomic E-state index is -1.09. The lowest BCUT2D eigenvalue weighted by molar-refractivity contribution is -0.122. The maximum Gasteiger partial charge on any atom is 0.244 e. The molecule has 0 saturated heterocycles. The number of hydrogen-bond donors (Lipinski definition) is 2. The maximum atomic E-state index is 13.7. The van der Waals surface area contributed by atoms with E-state index in [1.165, 1.54) is 0 Å². The van der Waals surface area contributed by atoms with Gasteiger partial charge >= 0.3 is 0 Å². The zero-order valence-electron chi connectivity index (χ0n) is 15.2. The molecule has 1 atom stereocenters. The molecule has 3 aromatic carbocycles. The van der Waals surface area contributed by atoms with Crippen molar-refractivity contribution < 1.29 is 9.59 Å². The lowest BCUT2D eigenvalue weighted by Gasteiger charge is -2.40. The van der Waals surface area contributed by atoms with Crippen LogP contribution in [0.5, 0.6) is 0 Å². The zero-order valence-corrected chi connectivity index (χ0v) is 15.2. The van der Waals surface area contributed by atoms with Crippen molar-refractivity contribution in [2.24, 2.45) is 0 Å². The van der Waals surface area contributed by atoms with Crippen LogP contribution in [0, 0.1) is 0 Å². The Labute approximate surface area is 162 Å². The van der Waals surface area contributed by atoms with Gasteiger partial charge in [-0.25, -0.2) is 0 Å². The first-order valence-corrected chi connectivity index (χ1v) is 9.68. The summed E-state index contributed by atoms with van der Waals surface area (Å²) in [4.78, 5) is 26.9. The second kappa shape index (κ2) is 5.32. The van der Waals surface area contributed by atoms with E-state index in [0.717, 1.165) is 51.8 Å². The van der Waals surface area contributed by atoms with E-state index in [9.17, 15) is 9.59 Å². The number of para-hydroxylation sites is 1. The Morgan fingerprint density at radius 2 is 1.61 bits per heavy atom. The Bertz CT molecular complexity index is 1240. The summed E-state index contributed by atoms with van der Waals surface area (Å²) < 4.78 is 0. The highest BCUT2D eigenvalue weighted by molar-refractivity contribution is 6.22. The van der Waals surface area contributed by atoms with Gasteiger partial charge in [0, 0.05) is 40.2 Å².